The van der Waals surface area contributed by atoms with Crippen LogP contribution in [-0.2, 0) is 6.54 Å². The van der Waals surface area contributed by atoms with Crippen LogP contribution in [0.15, 0.2) is 59.5 Å². The number of nitrogens with one attached hydrogen (secondary N) is 1. The second kappa shape index (κ2) is 7.77. The first kappa shape index (κ1) is 17.5. The summed E-state index contributed by atoms with van der Waals surface area (Å²) in [5.74, 6) is 1.13. The van der Waals surface area contributed by atoms with Gasteiger partial charge in [0, 0.05) is 41.1 Å². The van der Waals surface area contributed by atoms with Gasteiger partial charge < -0.3 is 9.84 Å². The second-order valence-electron chi connectivity index (χ2n) is 6.24. The van der Waals surface area contributed by atoms with Gasteiger partial charge in [-0.25, -0.2) is 4.98 Å². The monoisotopic (exact) mass is 377 g/mol. The Hall–Kier alpha value is -2.90. The zero-order valence-corrected chi connectivity index (χ0v) is 15.9. The van der Waals surface area contributed by atoms with Crippen LogP contribution < -0.4 is 5.32 Å². The van der Waals surface area contributed by atoms with Crippen LogP contribution in [0.1, 0.15) is 29.3 Å². The molecule has 0 aliphatic heterocycles. The van der Waals surface area contributed by atoms with E-state index in [2.05, 4.69) is 44.5 Å². The number of pyridine rings is 1. The van der Waals surface area contributed by atoms with Crippen molar-refractivity contribution in [3.8, 4) is 22.0 Å². The third-order valence-corrected chi connectivity index (χ3v) is 5.29. The highest BCUT2D eigenvalue weighted by atomic mass is 32.1. The van der Waals surface area contributed by atoms with E-state index in [1.165, 1.54) is 11.1 Å². The number of nitrogens with zero attached hydrogens (tertiary/aromatic N) is 4. The van der Waals surface area contributed by atoms with E-state index >= 15 is 0 Å². The van der Waals surface area contributed by atoms with Gasteiger partial charge in [-0.2, -0.15) is 4.98 Å². The minimum Gasteiger partial charge on any atom is -0.337 e. The fraction of sp³-hybridized carbons (Fsp3) is 0.200. The summed E-state index contributed by atoms with van der Waals surface area (Å²) >= 11 is 1.69. The van der Waals surface area contributed by atoms with Crippen LogP contribution in [0.5, 0.6) is 0 Å². The Morgan fingerprint density at radius 2 is 1.96 bits per heavy atom. The predicted octanol–water partition coefficient (Wildman–Crippen LogP) is 4.41. The SMILES string of the molecule is Cc1ccccc1-c1ncc(CN[C@@H](C)c2nc(-c3ccncc3)no2)s1. The number of benzene rings is 1. The van der Waals surface area contributed by atoms with E-state index < -0.39 is 0 Å². The van der Waals surface area contributed by atoms with Gasteiger partial charge >= 0.3 is 0 Å². The molecule has 136 valence electrons. The summed E-state index contributed by atoms with van der Waals surface area (Å²) in [6.45, 7) is 4.80. The fourth-order valence-corrected chi connectivity index (χ4v) is 3.65. The van der Waals surface area contributed by atoms with Crippen molar-refractivity contribution in [2.24, 2.45) is 0 Å². The minimum atomic E-state index is -0.0582. The highest BCUT2D eigenvalue weighted by molar-refractivity contribution is 7.15. The van der Waals surface area contributed by atoms with Crippen LogP contribution in [0, 0.1) is 6.92 Å². The molecule has 1 N–H and O–H groups in total. The average molecular weight is 377 g/mol. The molecule has 1 aromatic carbocycles. The molecule has 1 atom stereocenters. The summed E-state index contributed by atoms with van der Waals surface area (Å²) in [4.78, 5) is 14.2. The Kier molecular flexibility index (Phi) is 5.04. The molecule has 0 bridgehead atoms. The van der Waals surface area contributed by atoms with Crippen molar-refractivity contribution in [2.75, 3.05) is 0 Å². The highest BCUT2D eigenvalue weighted by Gasteiger charge is 2.15. The maximum atomic E-state index is 5.40. The first-order chi connectivity index (χ1) is 13.2. The van der Waals surface area contributed by atoms with Crippen molar-refractivity contribution in [3.05, 3.63) is 71.3 Å². The predicted molar refractivity (Wildman–Crippen MR) is 105 cm³/mol. The lowest BCUT2D eigenvalue weighted by atomic mass is 10.1. The molecule has 3 aromatic heterocycles. The van der Waals surface area contributed by atoms with Gasteiger partial charge in [0.15, 0.2) is 0 Å². The fourth-order valence-electron chi connectivity index (χ4n) is 2.70. The number of hydrogen-bond donors (Lipinski definition) is 1. The summed E-state index contributed by atoms with van der Waals surface area (Å²) in [6, 6.07) is 12.0. The largest absolute Gasteiger partial charge is 0.337 e. The quantitative estimate of drug-likeness (QED) is 0.536. The summed E-state index contributed by atoms with van der Waals surface area (Å²) in [7, 11) is 0. The van der Waals surface area contributed by atoms with E-state index in [4.69, 9.17) is 4.52 Å². The average Bonchev–Trinajstić information content (AvgIpc) is 3.37. The van der Waals surface area contributed by atoms with E-state index in [1.54, 1.807) is 23.7 Å². The molecule has 0 aliphatic rings. The molecular weight excluding hydrogens is 358 g/mol. The Morgan fingerprint density at radius 3 is 2.78 bits per heavy atom. The van der Waals surface area contributed by atoms with Gasteiger partial charge in [0.25, 0.3) is 0 Å². The highest BCUT2D eigenvalue weighted by Crippen LogP contribution is 2.28. The third kappa shape index (κ3) is 3.94. The molecule has 0 aliphatic carbocycles. The molecule has 0 saturated heterocycles. The molecule has 0 unspecified atom stereocenters. The van der Waals surface area contributed by atoms with E-state index in [9.17, 15) is 0 Å². The summed E-state index contributed by atoms with van der Waals surface area (Å²) < 4.78 is 5.40. The van der Waals surface area contributed by atoms with Crippen molar-refractivity contribution in [2.45, 2.75) is 26.4 Å². The van der Waals surface area contributed by atoms with Crippen molar-refractivity contribution < 1.29 is 4.52 Å². The maximum absolute atomic E-state index is 5.40. The lowest BCUT2D eigenvalue weighted by Crippen LogP contribution is -2.17. The molecule has 0 amide bonds. The van der Waals surface area contributed by atoms with Gasteiger partial charge in [-0.15, -0.1) is 11.3 Å². The van der Waals surface area contributed by atoms with Crippen molar-refractivity contribution in [1.29, 1.82) is 0 Å². The molecule has 4 rings (SSSR count). The Morgan fingerprint density at radius 1 is 1.15 bits per heavy atom. The van der Waals surface area contributed by atoms with Crippen LogP contribution in [0.4, 0.5) is 0 Å². The second-order valence-corrected chi connectivity index (χ2v) is 7.36. The summed E-state index contributed by atoms with van der Waals surface area (Å²) in [5.41, 5.74) is 3.30. The normalized spacial score (nSPS) is 12.2. The van der Waals surface area contributed by atoms with Gasteiger partial charge in [0.2, 0.25) is 11.7 Å². The number of thiazole rings is 1. The van der Waals surface area contributed by atoms with Crippen molar-refractivity contribution >= 4 is 11.3 Å². The van der Waals surface area contributed by atoms with Crippen molar-refractivity contribution in [3.63, 3.8) is 0 Å². The van der Waals surface area contributed by atoms with E-state index in [1.807, 2.05) is 37.4 Å². The molecule has 4 aromatic rings. The molecule has 0 saturated carbocycles. The van der Waals surface area contributed by atoms with E-state index in [-0.39, 0.29) is 6.04 Å². The number of aryl methyl sites for hydroxylation is 1. The first-order valence-electron chi connectivity index (χ1n) is 8.69. The molecule has 0 fully saturated rings. The lowest BCUT2D eigenvalue weighted by Gasteiger charge is -2.07. The maximum Gasteiger partial charge on any atom is 0.243 e. The van der Waals surface area contributed by atoms with Gasteiger partial charge in [-0.05, 0) is 31.5 Å². The van der Waals surface area contributed by atoms with Crippen LogP contribution >= 0.6 is 11.3 Å². The van der Waals surface area contributed by atoms with Gasteiger partial charge in [0.1, 0.15) is 5.01 Å². The van der Waals surface area contributed by atoms with Crippen LogP contribution in [-0.4, -0.2) is 20.1 Å². The molecule has 27 heavy (non-hydrogen) atoms. The van der Waals surface area contributed by atoms with Crippen LogP contribution in [0.25, 0.3) is 22.0 Å². The number of rotatable bonds is 6. The van der Waals surface area contributed by atoms with E-state index in [0.29, 0.717) is 18.3 Å². The first-order valence-corrected chi connectivity index (χ1v) is 9.50. The van der Waals surface area contributed by atoms with Crippen LogP contribution in [0.2, 0.25) is 0 Å². The van der Waals surface area contributed by atoms with Gasteiger partial charge in [-0.3, -0.25) is 4.98 Å². The Bertz CT molecular complexity index is 1030. The lowest BCUT2D eigenvalue weighted by molar-refractivity contribution is 0.339. The van der Waals surface area contributed by atoms with E-state index in [0.717, 1.165) is 15.4 Å². The standard InChI is InChI=1S/C20H19N5OS/c1-13-5-3-4-6-17(13)20-23-12-16(27-20)11-22-14(2)19-24-18(25-26-19)15-7-9-21-10-8-15/h3-10,12,14,22H,11H2,1-2H3/t14-/m0/s1. The molecule has 7 heteroatoms. The molecule has 0 spiro atoms. The Balaban J connectivity index is 1.41. The minimum absolute atomic E-state index is 0.0582. The topological polar surface area (TPSA) is 76.7 Å². The van der Waals surface area contributed by atoms with Crippen LogP contribution in [0.3, 0.4) is 0 Å². The zero-order chi connectivity index (χ0) is 18.6. The Labute approximate surface area is 161 Å². The van der Waals surface area contributed by atoms with Gasteiger partial charge in [0.05, 0.1) is 6.04 Å². The zero-order valence-electron chi connectivity index (χ0n) is 15.1. The molecule has 6 nitrogen and oxygen atoms in total. The third-order valence-electron chi connectivity index (χ3n) is 4.26. The number of hydrogen-bond acceptors (Lipinski definition) is 7. The molecular formula is C20H19N5OS. The summed E-state index contributed by atoms with van der Waals surface area (Å²) in [6.07, 6.45) is 5.34. The summed E-state index contributed by atoms with van der Waals surface area (Å²) in [5, 5.41) is 8.51. The smallest absolute Gasteiger partial charge is 0.243 e. The number of aromatic nitrogens is 4. The van der Waals surface area contributed by atoms with Crippen molar-refractivity contribution in [1.82, 2.24) is 25.4 Å². The molecule has 3 heterocycles. The van der Waals surface area contributed by atoms with Gasteiger partial charge in [-0.1, -0.05) is 29.4 Å². The molecule has 0 radical (unpaired) electrons.